The second-order valence-electron chi connectivity index (χ2n) is 12.6. The summed E-state index contributed by atoms with van der Waals surface area (Å²) in [6, 6.07) is 10.1. The van der Waals surface area contributed by atoms with Gasteiger partial charge in [0.2, 0.25) is 25.2 Å². The Morgan fingerprint density at radius 2 is 1.16 bits per heavy atom. The molecule has 0 amide bonds. The summed E-state index contributed by atoms with van der Waals surface area (Å²) in [7, 11) is -7.31. The van der Waals surface area contributed by atoms with Gasteiger partial charge in [0.1, 0.15) is 0 Å². The van der Waals surface area contributed by atoms with E-state index in [9.17, 15) is 16.8 Å². The molecule has 0 aliphatic heterocycles. The number of hydrogen-bond donors (Lipinski definition) is 1. The number of aromatic amines is 1. The largest absolute Gasteiger partial charge is 0.330 e. The van der Waals surface area contributed by atoms with Crippen LogP contribution in [0.1, 0.15) is 55.4 Å². The van der Waals surface area contributed by atoms with Crippen molar-refractivity contribution >= 4 is 68.3 Å². The molecular formula is C30H43N5O4S4. The fraction of sp³-hybridized carbons (Fsp3) is 0.533. The van der Waals surface area contributed by atoms with Gasteiger partial charge in [0, 0.05) is 26.2 Å². The van der Waals surface area contributed by atoms with Crippen LogP contribution in [0.15, 0.2) is 51.2 Å². The van der Waals surface area contributed by atoms with Crippen LogP contribution in [0.2, 0.25) is 0 Å². The molecule has 0 fully saturated rings. The molecule has 0 atom stereocenters. The SMILES string of the molecule is CC(C)CN(CC(C)C)S(=O)(=O)c1ccc2nc(N=c3[nH]c4ccc(S(=O)(=O)N(CC(C)C)CC(C)C)cc4s3)sc2c1. The number of nitrogens with one attached hydrogen (secondary N) is 1. The van der Waals surface area contributed by atoms with Crippen LogP contribution in [0.25, 0.3) is 20.4 Å². The fourth-order valence-corrected chi connectivity index (χ4v) is 10.4. The molecule has 0 saturated carbocycles. The second kappa shape index (κ2) is 13.5. The number of benzene rings is 2. The van der Waals surface area contributed by atoms with E-state index in [1.165, 1.54) is 22.7 Å². The Balaban J connectivity index is 1.66. The quantitative estimate of drug-likeness (QED) is 0.171. The number of rotatable bonds is 13. The van der Waals surface area contributed by atoms with Gasteiger partial charge < -0.3 is 4.98 Å². The van der Waals surface area contributed by atoms with E-state index in [1.54, 1.807) is 45.0 Å². The molecule has 0 aliphatic rings. The Morgan fingerprint density at radius 1 is 0.698 bits per heavy atom. The van der Waals surface area contributed by atoms with Gasteiger partial charge in [-0.2, -0.15) is 13.6 Å². The Morgan fingerprint density at radius 3 is 1.65 bits per heavy atom. The van der Waals surface area contributed by atoms with Crippen LogP contribution in [0.4, 0.5) is 5.13 Å². The Kier molecular flexibility index (Phi) is 10.6. The number of nitrogens with zero attached hydrogens (tertiary/aromatic N) is 4. The molecule has 0 aliphatic carbocycles. The lowest BCUT2D eigenvalue weighted by Gasteiger charge is -2.25. The molecule has 236 valence electrons. The summed E-state index contributed by atoms with van der Waals surface area (Å²) in [5, 5.41) is 0.487. The van der Waals surface area contributed by atoms with Crippen molar-refractivity contribution in [3.63, 3.8) is 0 Å². The van der Waals surface area contributed by atoms with Crippen LogP contribution in [0.5, 0.6) is 0 Å². The third-order valence-corrected chi connectivity index (χ3v) is 12.0. The van der Waals surface area contributed by atoms with Gasteiger partial charge in [-0.3, -0.25) is 0 Å². The van der Waals surface area contributed by atoms with E-state index in [0.717, 1.165) is 14.9 Å². The number of thiazole rings is 2. The average Bonchev–Trinajstić information content (AvgIpc) is 3.48. The number of aromatic nitrogens is 2. The smallest absolute Gasteiger partial charge is 0.243 e. The summed E-state index contributed by atoms with van der Waals surface area (Å²) in [5.74, 6) is 0.834. The zero-order valence-corrected chi connectivity index (χ0v) is 29.4. The zero-order chi connectivity index (χ0) is 31.7. The van der Waals surface area contributed by atoms with Crippen LogP contribution in [0.3, 0.4) is 0 Å². The van der Waals surface area contributed by atoms with Gasteiger partial charge in [-0.15, -0.1) is 0 Å². The monoisotopic (exact) mass is 665 g/mol. The van der Waals surface area contributed by atoms with Gasteiger partial charge in [-0.25, -0.2) is 21.8 Å². The summed E-state index contributed by atoms with van der Waals surface area (Å²) < 4.78 is 58.8. The molecule has 4 rings (SSSR count). The van der Waals surface area contributed by atoms with Crippen molar-refractivity contribution in [2.75, 3.05) is 26.2 Å². The summed E-state index contributed by atoms with van der Waals surface area (Å²) >= 11 is 2.67. The number of fused-ring (bicyclic) bond motifs is 2. The molecule has 0 spiro atoms. The van der Waals surface area contributed by atoms with Crippen LogP contribution < -0.4 is 4.80 Å². The van der Waals surface area contributed by atoms with Crippen molar-refractivity contribution in [3.8, 4) is 0 Å². The number of sulfonamides is 2. The Labute approximate surface area is 263 Å². The van der Waals surface area contributed by atoms with Crippen molar-refractivity contribution in [1.82, 2.24) is 18.6 Å². The number of hydrogen-bond acceptors (Lipinski definition) is 8. The molecule has 2 heterocycles. The van der Waals surface area contributed by atoms with Gasteiger partial charge in [0.05, 0.1) is 30.2 Å². The molecule has 43 heavy (non-hydrogen) atoms. The lowest BCUT2D eigenvalue weighted by atomic mass is 10.2. The minimum Gasteiger partial charge on any atom is -0.330 e. The molecular weight excluding hydrogens is 623 g/mol. The number of H-pyrrole nitrogens is 1. The average molecular weight is 666 g/mol. The minimum absolute atomic E-state index is 0.207. The third-order valence-electron chi connectivity index (χ3n) is 6.50. The second-order valence-corrected chi connectivity index (χ2v) is 18.6. The Hall–Kier alpha value is -2.16. The zero-order valence-electron chi connectivity index (χ0n) is 26.2. The maximum absolute atomic E-state index is 13.5. The van der Waals surface area contributed by atoms with Crippen LogP contribution in [-0.4, -0.2) is 61.6 Å². The van der Waals surface area contributed by atoms with E-state index < -0.39 is 20.0 Å². The van der Waals surface area contributed by atoms with E-state index in [-0.39, 0.29) is 33.5 Å². The van der Waals surface area contributed by atoms with Crippen LogP contribution >= 0.6 is 22.7 Å². The van der Waals surface area contributed by atoms with Crippen LogP contribution in [-0.2, 0) is 20.0 Å². The molecule has 0 bridgehead atoms. The van der Waals surface area contributed by atoms with Crippen molar-refractivity contribution in [2.24, 2.45) is 28.7 Å². The molecule has 9 nitrogen and oxygen atoms in total. The highest BCUT2D eigenvalue weighted by molar-refractivity contribution is 7.89. The summed E-state index contributed by atoms with van der Waals surface area (Å²) in [6.45, 7) is 18.0. The molecule has 0 unspecified atom stereocenters. The molecule has 1 N–H and O–H groups in total. The van der Waals surface area contributed by atoms with E-state index >= 15 is 0 Å². The molecule has 0 radical (unpaired) electrons. The van der Waals surface area contributed by atoms with Crippen molar-refractivity contribution in [1.29, 1.82) is 0 Å². The van der Waals surface area contributed by atoms with Crippen molar-refractivity contribution in [3.05, 3.63) is 41.2 Å². The molecule has 13 heteroatoms. The van der Waals surface area contributed by atoms with Crippen molar-refractivity contribution in [2.45, 2.75) is 65.2 Å². The lowest BCUT2D eigenvalue weighted by Crippen LogP contribution is -2.37. The highest BCUT2D eigenvalue weighted by Crippen LogP contribution is 2.31. The maximum atomic E-state index is 13.5. The summed E-state index contributed by atoms with van der Waals surface area (Å²) in [4.78, 5) is 13.6. The first-order valence-corrected chi connectivity index (χ1v) is 19.2. The normalized spacial score (nSPS) is 13.9. The summed E-state index contributed by atoms with van der Waals surface area (Å²) in [6.07, 6.45) is 0. The van der Waals surface area contributed by atoms with Gasteiger partial charge in [-0.1, -0.05) is 78.1 Å². The van der Waals surface area contributed by atoms with Crippen molar-refractivity contribution < 1.29 is 16.8 Å². The van der Waals surface area contributed by atoms with Gasteiger partial charge in [-0.05, 0) is 60.1 Å². The maximum Gasteiger partial charge on any atom is 0.243 e. The fourth-order valence-electron chi connectivity index (χ4n) is 4.80. The standard InChI is InChI=1S/C30H43N5O4S4/c1-19(2)15-34(16-20(3)4)42(36,37)23-9-11-25-27(13-23)40-29(31-25)33-30-32-26-12-10-24(14-28(26)41-30)43(38,39)35(17-21(5)6)18-22(7)8/h9-14,19-22H,15-18H2,1-8H3,(H,31,32,33). The first kappa shape index (κ1) is 33.7. The van der Waals surface area contributed by atoms with E-state index in [2.05, 4.69) is 15.0 Å². The molecule has 2 aromatic carbocycles. The predicted molar refractivity (Wildman–Crippen MR) is 178 cm³/mol. The predicted octanol–water partition coefficient (Wildman–Crippen LogP) is 6.68. The van der Waals surface area contributed by atoms with Crippen LogP contribution in [0, 0.1) is 23.7 Å². The highest BCUT2D eigenvalue weighted by atomic mass is 32.2. The molecule has 4 aromatic rings. The highest BCUT2D eigenvalue weighted by Gasteiger charge is 2.28. The van der Waals surface area contributed by atoms with E-state index in [4.69, 9.17) is 0 Å². The van der Waals surface area contributed by atoms with Gasteiger partial charge in [0.25, 0.3) is 0 Å². The summed E-state index contributed by atoms with van der Waals surface area (Å²) in [5.41, 5.74) is 1.46. The van der Waals surface area contributed by atoms with Gasteiger partial charge in [0.15, 0.2) is 4.80 Å². The first-order valence-electron chi connectivity index (χ1n) is 14.6. The lowest BCUT2D eigenvalue weighted by molar-refractivity contribution is 0.333. The topological polar surface area (TPSA) is 116 Å². The first-order chi connectivity index (χ1) is 20.1. The van der Waals surface area contributed by atoms with E-state index in [0.29, 0.717) is 41.6 Å². The molecule has 0 saturated heterocycles. The Bertz CT molecular complexity index is 1830. The van der Waals surface area contributed by atoms with Gasteiger partial charge >= 0.3 is 0 Å². The third kappa shape index (κ3) is 8.12. The minimum atomic E-state index is -3.66. The van der Waals surface area contributed by atoms with E-state index in [1.807, 2.05) is 55.4 Å². The molecule has 2 aromatic heterocycles.